The molecular weight excluding hydrogens is 430 g/mol. The molecule has 0 spiro atoms. The number of benzene rings is 1. The number of rotatable bonds is 8. The first-order valence-electron chi connectivity index (χ1n) is 13.9. The lowest BCUT2D eigenvalue weighted by molar-refractivity contribution is -0.0614. The van der Waals surface area contributed by atoms with Crippen molar-refractivity contribution in [2.24, 2.45) is 23.7 Å². The van der Waals surface area contributed by atoms with Gasteiger partial charge >= 0.3 is 0 Å². The predicted molar refractivity (Wildman–Crippen MR) is 134 cm³/mol. The summed E-state index contributed by atoms with van der Waals surface area (Å²) in [5, 5.41) is 0. The molecule has 0 radical (unpaired) electrons. The second-order valence-corrected chi connectivity index (χ2v) is 11.0. The molecular formula is C30H44F2O2. The van der Waals surface area contributed by atoms with Gasteiger partial charge in [-0.05, 0) is 132 Å². The van der Waals surface area contributed by atoms with Crippen molar-refractivity contribution in [2.75, 3.05) is 13.2 Å². The third kappa shape index (κ3) is 6.22. The van der Waals surface area contributed by atoms with Gasteiger partial charge in [0.05, 0.1) is 12.7 Å². The van der Waals surface area contributed by atoms with Crippen LogP contribution in [0.15, 0.2) is 24.3 Å². The molecule has 1 saturated heterocycles. The van der Waals surface area contributed by atoms with Crippen LogP contribution in [0.3, 0.4) is 0 Å². The zero-order chi connectivity index (χ0) is 23.9. The van der Waals surface area contributed by atoms with Crippen molar-refractivity contribution >= 4 is 0 Å². The highest BCUT2D eigenvalue weighted by Gasteiger charge is 2.36. The zero-order valence-corrected chi connectivity index (χ0v) is 21.2. The predicted octanol–water partition coefficient (Wildman–Crippen LogP) is 8.60. The van der Waals surface area contributed by atoms with E-state index in [9.17, 15) is 8.78 Å². The van der Waals surface area contributed by atoms with Crippen LogP contribution in [-0.4, -0.2) is 19.3 Å². The molecule has 3 fully saturated rings. The lowest BCUT2D eigenvalue weighted by atomic mass is 9.67. The molecule has 1 heterocycles. The monoisotopic (exact) mass is 474 g/mol. The van der Waals surface area contributed by atoms with Gasteiger partial charge in [-0.3, -0.25) is 0 Å². The summed E-state index contributed by atoms with van der Waals surface area (Å²) in [5.74, 6) is 1.67. The summed E-state index contributed by atoms with van der Waals surface area (Å²) in [6, 6.07) is 3.34. The van der Waals surface area contributed by atoms with Crippen molar-refractivity contribution in [3.63, 3.8) is 0 Å². The van der Waals surface area contributed by atoms with Gasteiger partial charge in [-0.2, -0.15) is 4.39 Å². The van der Waals surface area contributed by atoms with E-state index in [1.807, 2.05) is 0 Å². The SMILES string of the molecule is C/C=C/CCC1CCC(C2CCC(C3CCC(c4ccc(OCC)c(F)c4F)CC3)CC2)OC1. The minimum Gasteiger partial charge on any atom is -0.491 e. The van der Waals surface area contributed by atoms with Crippen molar-refractivity contribution in [3.05, 3.63) is 41.5 Å². The summed E-state index contributed by atoms with van der Waals surface area (Å²) < 4.78 is 40.6. The Morgan fingerprint density at radius 3 is 2.18 bits per heavy atom. The lowest BCUT2D eigenvalue weighted by Gasteiger charge is -2.41. The van der Waals surface area contributed by atoms with Crippen LogP contribution >= 0.6 is 0 Å². The van der Waals surface area contributed by atoms with Crippen LogP contribution in [0, 0.1) is 35.3 Å². The van der Waals surface area contributed by atoms with E-state index < -0.39 is 11.6 Å². The van der Waals surface area contributed by atoms with Gasteiger partial charge in [0.2, 0.25) is 5.82 Å². The average Bonchev–Trinajstić information content (AvgIpc) is 2.88. The fraction of sp³-hybridized carbons (Fsp3) is 0.733. The van der Waals surface area contributed by atoms with Gasteiger partial charge in [-0.1, -0.05) is 18.2 Å². The Morgan fingerprint density at radius 2 is 1.56 bits per heavy atom. The maximum atomic E-state index is 14.7. The van der Waals surface area contributed by atoms with Crippen molar-refractivity contribution in [2.45, 2.75) is 103 Å². The van der Waals surface area contributed by atoms with Gasteiger partial charge in [-0.15, -0.1) is 0 Å². The quantitative estimate of drug-likeness (QED) is 0.351. The molecule has 0 bridgehead atoms. The molecule has 1 aliphatic heterocycles. The van der Waals surface area contributed by atoms with Crippen molar-refractivity contribution in [1.29, 1.82) is 0 Å². The first-order chi connectivity index (χ1) is 16.6. The topological polar surface area (TPSA) is 18.5 Å². The third-order valence-corrected chi connectivity index (χ3v) is 8.98. The molecule has 2 atom stereocenters. The third-order valence-electron chi connectivity index (χ3n) is 8.98. The summed E-state index contributed by atoms with van der Waals surface area (Å²) in [5.41, 5.74) is 0.543. The smallest absolute Gasteiger partial charge is 0.200 e. The fourth-order valence-electron chi connectivity index (χ4n) is 6.94. The van der Waals surface area contributed by atoms with E-state index in [0.717, 1.165) is 56.0 Å². The molecule has 1 aromatic rings. The summed E-state index contributed by atoms with van der Waals surface area (Å²) in [6.07, 6.45) is 19.4. The Bertz CT molecular complexity index is 783. The normalized spacial score (nSPS) is 32.7. The standard InChI is InChI=1S/C30H44F2O2/c1-3-5-6-7-21-8-18-27(34-20-21)25-15-11-23(12-16-25)22-9-13-24(14-10-22)26-17-19-28(33-4-2)30(32)29(26)31/h3,5,17,19,21-25,27H,4,6-16,18,20H2,1-2H3/b5-3+. The number of hydrogen-bond acceptors (Lipinski definition) is 2. The number of hydrogen-bond donors (Lipinski definition) is 0. The van der Waals surface area contributed by atoms with E-state index >= 15 is 0 Å². The highest BCUT2D eigenvalue weighted by Crippen LogP contribution is 2.46. The Morgan fingerprint density at radius 1 is 0.882 bits per heavy atom. The second kappa shape index (κ2) is 12.5. The average molecular weight is 475 g/mol. The van der Waals surface area contributed by atoms with E-state index in [-0.39, 0.29) is 11.7 Å². The van der Waals surface area contributed by atoms with E-state index in [0.29, 0.717) is 18.3 Å². The van der Waals surface area contributed by atoms with Crippen LogP contribution in [0.1, 0.15) is 102 Å². The van der Waals surface area contributed by atoms with Crippen LogP contribution in [0.4, 0.5) is 8.78 Å². The molecule has 4 rings (SSSR count). The summed E-state index contributed by atoms with van der Waals surface area (Å²) in [6.45, 7) is 5.17. The molecule has 0 aromatic heterocycles. The summed E-state index contributed by atoms with van der Waals surface area (Å²) in [7, 11) is 0. The molecule has 2 aliphatic carbocycles. The Labute approximate surface area is 205 Å². The Kier molecular flexibility index (Phi) is 9.45. The van der Waals surface area contributed by atoms with Crippen LogP contribution in [0.25, 0.3) is 0 Å². The maximum Gasteiger partial charge on any atom is 0.200 e. The Hall–Kier alpha value is -1.42. The highest BCUT2D eigenvalue weighted by atomic mass is 19.2. The molecule has 3 aliphatic rings. The largest absolute Gasteiger partial charge is 0.491 e. The minimum absolute atomic E-state index is 0.0281. The van der Waals surface area contributed by atoms with E-state index in [2.05, 4.69) is 19.1 Å². The number of halogens is 2. The Balaban J connectivity index is 1.20. The van der Waals surface area contributed by atoms with Crippen LogP contribution in [-0.2, 0) is 4.74 Å². The van der Waals surface area contributed by atoms with Crippen molar-refractivity contribution in [3.8, 4) is 5.75 Å². The molecule has 4 heteroatoms. The van der Waals surface area contributed by atoms with Gasteiger partial charge in [0.25, 0.3) is 0 Å². The van der Waals surface area contributed by atoms with Gasteiger partial charge in [-0.25, -0.2) is 4.39 Å². The molecule has 34 heavy (non-hydrogen) atoms. The van der Waals surface area contributed by atoms with Crippen LogP contribution in [0.2, 0.25) is 0 Å². The molecule has 0 amide bonds. The lowest BCUT2D eigenvalue weighted by Crippen LogP contribution is -2.35. The van der Waals surface area contributed by atoms with Gasteiger partial charge in [0, 0.05) is 6.61 Å². The van der Waals surface area contributed by atoms with E-state index in [1.165, 1.54) is 51.4 Å². The van der Waals surface area contributed by atoms with Crippen molar-refractivity contribution in [1.82, 2.24) is 0 Å². The van der Waals surface area contributed by atoms with Gasteiger partial charge in [0.1, 0.15) is 0 Å². The first kappa shape index (κ1) is 25.7. The van der Waals surface area contributed by atoms with Crippen LogP contribution < -0.4 is 4.74 Å². The van der Waals surface area contributed by atoms with Crippen molar-refractivity contribution < 1.29 is 18.3 Å². The fourth-order valence-corrected chi connectivity index (χ4v) is 6.94. The highest BCUT2D eigenvalue weighted by molar-refractivity contribution is 5.33. The zero-order valence-electron chi connectivity index (χ0n) is 21.2. The maximum absolute atomic E-state index is 14.7. The van der Waals surface area contributed by atoms with Gasteiger partial charge < -0.3 is 9.47 Å². The summed E-state index contributed by atoms with van der Waals surface area (Å²) >= 11 is 0. The number of ether oxygens (including phenoxy) is 2. The molecule has 2 unspecified atom stereocenters. The minimum atomic E-state index is -0.825. The molecule has 0 N–H and O–H groups in total. The molecule has 1 aromatic carbocycles. The first-order valence-corrected chi connectivity index (χ1v) is 13.9. The summed E-state index contributed by atoms with van der Waals surface area (Å²) in [4.78, 5) is 0. The molecule has 2 saturated carbocycles. The van der Waals surface area contributed by atoms with E-state index in [4.69, 9.17) is 9.47 Å². The van der Waals surface area contributed by atoms with Crippen LogP contribution in [0.5, 0.6) is 5.75 Å². The molecule has 2 nitrogen and oxygen atoms in total. The second-order valence-electron chi connectivity index (χ2n) is 11.0. The number of allylic oxidation sites excluding steroid dienone is 2. The van der Waals surface area contributed by atoms with Gasteiger partial charge in [0.15, 0.2) is 11.6 Å². The molecule has 190 valence electrons. The van der Waals surface area contributed by atoms with E-state index in [1.54, 1.807) is 19.1 Å².